The monoisotopic (exact) mass is 401 g/mol. The summed E-state index contributed by atoms with van der Waals surface area (Å²) in [5, 5.41) is 6.13. The second-order valence-electron chi connectivity index (χ2n) is 6.76. The van der Waals surface area contributed by atoms with Crippen molar-refractivity contribution < 1.29 is 14.4 Å². The summed E-state index contributed by atoms with van der Waals surface area (Å²) in [4.78, 5) is 48.3. The standard InChI is InChI=1S/C19H23N5O3S/c1-4-20-14-9-8-11(10-21-14)15(25)12-6-5-7-13-17(16(12)26)28-18(22-13)23-19(27)24(2)3/h8-10,12H,4-7H2,1-3H3,(H,20,21)(H,22,23,27). The van der Waals surface area contributed by atoms with Crippen molar-refractivity contribution in [3.63, 3.8) is 0 Å². The molecular weight excluding hydrogens is 378 g/mol. The van der Waals surface area contributed by atoms with Crippen LogP contribution in [0.1, 0.15) is 45.5 Å². The molecule has 2 aromatic rings. The minimum Gasteiger partial charge on any atom is -0.370 e. The number of thiazole rings is 1. The highest BCUT2D eigenvalue weighted by Gasteiger charge is 2.34. The third kappa shape index (κ3) is 4.19. The first-order valence-electron chi connectivity index (χ1n) is 9.17. The maximum atomic E-state index is 13.0. The van der Waals surface area contributed by atoms with Gasteiger partial charge in [-0.1, -0.05) is 11.3 Å². The highest BCUT2D eigenvalue weighted by atomic mass is 32.1. The fourth-order valence-electron chi connectivity index (χ4n) is 3.01. The van der Waals surface area contributed by atoms with E-state index in [2.05, 4.69) is 20.6 Å². The molecule has 2 N–H and O–H groups in total. The number of rotatable bonds is 5. The number of Topliss-reactive ketones (excluding diaryl/α,β-unsaturated/α-hetero) is 2. The number of hydrogen-bond donors (Lipinski definition) is 2. The number of fused-ring (bicyclic) bond motifs is 1. The first-order valence-corrected chi connectivity index (χ1v) is 9.98. The molecule has 8 nitrogen and oxygen atoms in total. The summed E-state index contributed by atoms with van der Waals surface area (Å²) in [7, 11) is 3.26. The SMILES string of the molecule is CCNc1ccc(C(=O)C2CCCc3nc(NC(=O)N(C)C)sc3C2=O)cn1. The molecular formula is C19H23N5O3S. The van der Waals surface area contributed by atoms with Crippen LogP contribution in [0, 0.1) is 5.92 Å². The van der Waals surface area contributed by atoms with E-state index in [1.54, 1.807) is 26.2 Å². The van der Waals surface area contributed by atoms with Gasteiger partial charge in [-0.15, -0.1) is 0 Å². The van der Waals surface area contributed by atoms with Crippen LogP contribution in [0.3, 0.4) is 0 Å². The fourth-order valence-corrected chi connectivity index (χ4v) is 4.01. The molecule has 1 aliphatic rings. The Kier molecular flexibility index (Phi) is 6.03. The van der Waals surface area contributed by atoms with E-state index in [0.29, 0.717) is 46.3 Å². The second-order valence-corrected chi connectivity index (χ2v) is 7.75. The van der Waals surface area contributed by atoms with Gasteiger partial charge in [0.2, 0.25) is 0 Å². The Morgan fingerprint density at radius 2 is 2.11 bits per heavy atom. The zero-order chi connectivity index (χ0) is 20.3. The van der Waals surface area contributed by atoms with E-state index >= 15 is 0 Å². The normalized spacial score (nSPS) is 16.1. The van der Waals surface area contributed by atoms with Crippen LogP contribution in [0.2, 0.25) is 0 Å². The average Bonchev–Trinajstić information content (AvgIpc) is 3.01. The molecule has 0 bridgehead atoms. The lowest BCUT2D eigenvalue weighted by atomic mass is 9.91. The van der Waals surface area contributed by atoms with Gasteiger partial charge < -0.3 is 10.2 Å². The summed E-state index contributed by atoms with van der Waals surface area (Å²) in [6, 6.07) is 3.13. The third-order valence-corrected chi connectivity index (χ3v) is 5.51. The van der Waals surface area contributed by atoms with Gasteiger partial charge in [-0.05, 0) is 38.3 Å². The Hall–Kier alpha value is -2.81. The summed E-state index contributed by atoms with van der Waals surface area (Å²) in [5.74, 6) is -0.500. The summed E-state index contributed by atoms with van der Waals surface area (Å²) >= 11 is 1.13. The van der Waals surface area contributed by atoms with Crippen molar-refractivity contribution in [2.45, 2.75) is 26.2 Å². The smallest absolute Gasteiger partial charge is 0.323 e. The Labute approximate surface area is 167 Å². The van der Waals surface area contributed by atoms with Crippen LogP contribution in [0.25, 0.3) is 0 Å². The number of anilines is 2. The van der Waals surface area contributed by atoms with Crippen LogP contribution in [0.5, 0.6) is 0 Å². The number of hydrogen-bond acceptors (Lipinski definition) is 7. The van der Waals surface area contributed by atoms with Gasteiger partial charge in [-0.2, -0.15) is 0 Å². The molecule has 0 saturated heterocycles. The highest BCUT2D eigenvalue weighted by molar-refractivity contribution is 7.17. The maximum Gasteiger partial charge on any atom is 0.323 e. The summed E-state index contributed by atoms with van der Waals surface area (Å²) < 4.78 is 0. The molecule has 28 heavy (non-hydrogen) atoms. The van der Waals surface area contributed by atoms with Crippen LogP contribution in [-0.2, 0) is 6.42 Å². The molecule has 2 aromatic heterocycles. The zero-order valence-corrected chi connectivity index (χ0v) is 16.9. The molecule has 2 heterocycles. The van der Waals surface area contributed by atoms with Crippen LogP contribution in [0.15, 0.2) is 18.3 Å². The number of ketones is 2. The maximum absolute atomic E-state index is 13.0. The molecule has 0 spiro atoms. The lowest BCUT2D eigenvalue weighted by molar-refractivity contribution is 0.0803. The molecule has 0 aliphatic heterocycles. The predicted octanol–water partition coefficient (Wildman–Crippen LogP) is 3.08. The number of nitrogens with one attached hydrogen (secondary N) is 2. The van der Waals surface area contributed by atoms with Crippen molar-refractivity contribution in [3.8, 4) is 0 Å². The first-order chi connectivity index (χ1) is 13.4. The van der Waals surface area contributed by atoms with Crippen molar-refractivity contribution in [1.29, 1.82) is 0 Å². The average molecular weight is 401 g/mol. The molecule has 9 heteroatoms. The molecule has 0 fully saturated rings. The summed E-state index contributed by atoms with van der Waals surface area (Å²) in [5.41, 5.74) is 1.08. The number of pyridine rings is 1. The lowest BCUT2D eigenvalue weighted by Crippen LogP contribution is -2.27. The number of carbonyl (C=O) groups excluding carboxylic acids is 3. The molecule has 1 atom stereocenters. The minimum atomic E-state index is -0.745. The van der Waals surface area contributed by atoms with Crippen molar-refractivity contribution >= 4 is 39.9 Å². The van der Waals surface area contributed by atoms with E-state index < -0.39 is 5.92 Å². The molecule has 0 aromatic carbocycles. The molecule has 1 aliphatic carbocycles. The Morgan fingerprint density at radius 1 is 1.32 bits per heavy atom. The number of urea groups is 1. The topological polar surface area (TPSA) is 104 Å². The van der Waals surface area contributed by atoms with Gasteiger partial charge in [0.05, 0.1) is 16.5 Å². The second kappa shape index (κ2) is 8.47. The molecule has 1 unspecified atom stereocenters. The summed E-state index contributed by atoms with van der Waals surface area (Å²) in [6.45, 7) is 2.70. The fraction of sp³-hybridized carbons (Fsp3) is 0.421. The van der Waals surface area contributed by atoms with E-state index in [0.717, 1.165) is 17.9 Å². The van der Waals surface area contributed by atoms with E-state index in [-0.39, 0.29) is 17.6 Å². The lowest BCUT2D eigenvalue weighted by Gasteiger charge is -2.12. The third-order valence-electron chi connectivity index (χ3n) is 4.49. The summed E-state index contributed by atoms with van der Waals surface area (Å²) in [6.07, 6.45) is 3.28. The quantitative estimate of drug-likeness (QED) is 0.453. The Balaban J connectivity index is 1.81. The molecule has 0 saturated carbocycles. The van der Waals surface area contributed by atoms with Crippen LogP contribution < -0.4 is 10.6 Å². The van der Waals surface area contributed by atoms with Crippen LogP contribution in [-0.4, -0.2) is 53.1 Å². The largest absolute Gasteiger partial charge is 0.370 e. The number of aryl methyl sites for hydroxylation is 1. The van der Waals surface area contributed by atoms with Crippen molar-refractivity contribution in [2.24, 2.45) is 5.92 Å². The van der Waals surface area contributed by atoms with E-state index in [4.69, 9.17) is 0 Å². The van der Waals surface area contributed by atoms with E-state index in [9.17, 15) is 14.4 Å². The molecule has 2 amide bonds. The predicted molar refractivity (Wildman–Crippen MR) is 108 cm³/mol. The first kappa shape index (κ1) is 19.9. The van der Waals surface area contributed by atoms with Gasteiger partial charge in [0.1, 0.15) is 5.82 Å². The van der Waals surface area contributed by atoms with Crippen molar-refractivity contribution in [3.05, 3.63) is 34.5 Å². The van der Waals surface area contributed by atoms with Crippen molar-refractivity contribution in [2.75, 3.05) is 31.3 Å². The van der Waals surface area contributed by atoms with Crippen molar-refractivity contribution in [1.82, 2.24) is 14.9 Å². The van der Waals surface area contributed by atoms with Crippen LogP contribution in [0.4, 0.5) is 15.7 Å². The van der Waals surface area contributed by atoms with Gasteiger partial charge >= 0.3 is 6.03 Å². The molecule has 3 rings (SSSR count). The van der Waals surface area contributed by atoms with Gasteiger partial charge in [0.25, 0.3) is 0 Å². The molecule has 0 radical (unpaired) electrons. The number of carbonyl (C=O) groups is 3. The van der Waals surface area contributed by atoms with Gasteiger partial charge in [0.15, 0.2) is 16.7 Å². The van der Waals surface area contributed by atoms with E-state index in [1.165, 1.54) is 11.1 Å². The Bertz CT molecular complexity index is 891. The van der Waals surface area contributed by atoms with E-state index in [1.807, 2.05) is 6.92 Å². The van der Waals surface area contributed by atoms with Gasteiger partial charge in [0, 0.05) is 32.4 Å². The number of nitrogens with zero attached hydrogens (tertiary/aromatic N) is 3. The zero-order valence-electron chi connectivity index (χ0n) is 16.1. The highest BCUT2D eigenvalue weighted by Crippen LogP contribution is 2.33. The molecule has 148 valence electrons. The van der Waals surface area contributed by atoms with Crippen LogP contribution >= 0.6 is 11.3 Å². The Morgan fingerprint density at radius 3 is 2.75 bits per heavy atom. The minimum absolute atomic E-state index is 0.222. The van der Waals surface area contributed by atoms with Gasteiger partial charge in [-0.25, -0.2) is 14.8 Å². The van der Waals surface area contributed by atoms with Gasteiger partial charge in [-0.3, -0.25) is 14.9 Å². The number of amides is 2. The number of aromatic nitrogens is 2.